The summed E-state index contributed by atoms with van der Waals surface area (Å²) in [6, 6.07) is 8.86. The van der Waals surface area contributed by atoms with Crippen LogP contribution in [0.1, 0.15) is 94.5 Å². The van der Waals surface area contributed by atoms with Crippen molar-refractivity contribution in [1.29, 1.82) is 0 Å². The topological polar surface area (TPSA) is 131 Å². The molecule has 2 aromatic carbocycles. The van der Waals surface area contributed by atoms with Crippen LogP contribution in [0.25, 0.3) is 0 Å². The summed E-state index contributed by atoms with van der Waals surface area (Å²) in [5, 5.41) is 5.98. The van der Waals surface area contributed by atoms with Crippen molar-refractivity contribution in [1.82, 2.24) is 10.2 Å². The maximum atomic E-state index is 14.4. The van der Waals surface area contributed by atoms with Gasteiger partial charge in [0.05, 0.1) is 10.7 Å². The van der Waals surface area contributed by atoms with E-state index in [9.17, 15) is 19.2 Å². The van der Waals surface area contributed by atoms with Gasteiger partial charge < -0.3 is 26.0 Å². The lowest BCUT2D eigenvalue weighted by Crippen LogP contribution is -2.53. The molecule has 2 aromatic rings. The molecule has 0 saturated heterocycles. The molecule has 2 atom stereocenters. The molecule has 0 radical (unpaired) electrons. The fourth-order valence-electron chi connectivity index (χ4n) is 4.76. The molecule has 4 N–H and O–H groups in total. The van der Waals surface area contributed by atoms with Crippen molar-refractivity contribution >= 4 is 41.1 Å². The van der Waals surface area contributed by atoms with E-state index in [1.54, 1.807) is 32.9 Å². The summed E-state index contributed by atoms with van der Waals surface area (Å²) in [4.78, 5) is 54.7. The van der Waals surface area contributed by atoms with Crippen LogP contribution in [0.2, 0.25) is 5.02 Å². The number of halogens is 1. The lowest BCUT2D eigenvalue weighted by Gasteiger charge is -2.35. The zero-order chi connectivity index (χ0) is 32.3. The third kappa shape index (κ3) is 11.2. The Morgan fingerprint density at radius 2 is 1.70 bits per heavy atom. The number of nitrogens with two attached hydrogens (primary N) is 1. The van der Waals surface area contributed by atoms with E-state index in [4.69, 9.17) is 22.1 Å². The number of para-hydroxylation sites is 1. The molecule has 0 aliphatic heterocycles. The predicted molar refractivity (Wildman–Crippen MR) is 171 cm³/mol. The molecule has 43 heavy (non-hydrogen) atoms. The molecular weight excluding hydrogens is 568 g/mol. The molecule has 0 aliphatic carbocycles. The number of primary amides is 1. The fraction of sp³-hybridized carbons (Fsp3) is 0.515. The number of hydrogen-bond donors (Lipinski definition) is 3. The summed E-state index contributed by atoms with van der Waals surface area (Å²) in [6.07, 6.45) is 2.43. The largest absolute Gasteiger partial charge is 0.444 e. The maximum absolute atomic E-state index is 14.4. The van der Waals surface area contributed by atoms with Gasteiger partial charge in [-0.25, -0.2) is 4.79 Å². The summed E-state index contributed by atoms with van der Waals surface area (Å²) in [5.74, 6) is -1.57. The van der Waals surface area contributed by atoms with E-state index in [0.29, 0.717) is 22.7 Å². The molecule has 2 unspecified atom stereocenters. The Bertz CT molecular complexity index is 1270. The second kappa shape index (κ2) is 16.3. The van der Waals surface area contributed by atoms with Crippen LogP contribution in [0.5, 0.6) is 0 Å². The number of ether oxygens (including phenoxy) is 1. The summed E-state index contributed by atoms with van der Waals surface area (Å²) < 4.78 is 5.42. The normalized spacial score (nSPS) is 12.7. The number of alkyl carbamates (subject to hydrolysis) is 1. The number of carbonyl (C=O) groups excluding carboxylic acids is 4. The van der Waals surface area contributed by atoms with Crippen LogP contribution in [-0.2, 0) is 19.1 Å². The van der Waals surface area contributed by atoms with Crippen LogP contribution in [0, 0.1) is 20.8 Å². The molecule has 2 rings (SSSR count). The van der Waals surface area contributed by atoms with Crippen LogP contribution in [-0.4, -0.2) is 46.9 Å². The van der Waals surface area contributed by atoms with Crippen molar-refractivity contribution in [3.05, 3.63) is 63.7 Å². The van der Waals surface area contributed by atoms with E-state index >= 15 is 0 Å². The number of nitrogens with zero attached hydrogens (tertiary/aromatic N) is 1. The Labute approximate surface area is 260 Å². The molecule has 0 spiro atoms. The predicted octanol–water partition coefficient (Wildman–Crippen LogP) is 6.51. The van der Waals surface area contributed by atoms with Crippen molar-refractivity contribution < 1.29 is 23.9 Å². The third-order valence-electron chi connectivity index (χ3n) is 6.96. The Kier molecular flexibility index (Phi) is 13.5. The van der Waals surface area contributed by atoms with Crippen molar-refractivity contribution in [2.45, 2.75) is 105 Å². The van der Waals surface area contributed by atoms with E-state index in [1.165, 1.54) is 4.90 Å². The molecule has 4 amide bonds. The maximum Gasteiger partial charge on any atom is 0.408 e. The van der Waals surface area contributed by atoms with Gasteiger partial charge in [-0.1, -0.05) is 73.7 Å². The van der Waals surface area contributed by atoms with Crippen LogP contribution < -0.4 is 16.4 Å². The van der Waals surface area contributed by atoms with E-state index in [0.717, 1.165) is 36.0 Å². The minimum absolute atomic E-state index is 0.0520. The van der Waals surface area contributed by atoms with Gasteiger partial charge in [-0.3, -0.25) is 14.4 Å². The van der Waals surface area contributed by atoms with Crippen molar-refractivity contribution in [3.63, 3.8) is 0 Å². The number of carbonyl (C=O) groups is 4. The van der Waals surface area contributed by atoms with Crippen molar-refractivity contribution in [2.75, 3.05) is 11.9 Å². The number of aryl methyl sites for hydroxylation is 3. The lowest BCUT2D eigenvalue weighted by molar-refractivity contribution is -0.141. The molecule has 0 aromatic heterocycles. The first kappa shape index (κ1) is 35.6. The van der Waals surface area contributed by atoms with Crippen LogP contribution in [0.3, 0.4) is 0 Å². The van der Waals surface area contributed by atoms with Gasteiger partial charge in [-0.05, 0) is 77.1 Å². The van der Waals surface area contributed by atoms with E-state index in [2.05, 4.69) is 17.6 Å². The third-order valence-corrected chi connectivity index (χ3v) is 7.28. The Morgan fingerprint density at radius 1 is 1.00 bits per heavy atom. The van der Waals surface area contributed by atoms with Crippen LogP contribution in [0.15, 0.2) is 36.4 Å². The number of nitrogens with one attached hydrogen (secondary N) is 2. The Morgan fingerprint density at radius 3 is 2.30 bits per heavy atom. The molecule has 236 valence electrons. The van der Waals surface area contributed by atoms with Gasteiger partial charge in [0.1, 0.15) is 17.7 Å². The van der Waals surface area contributed by atoms with Gasteiger partial charge in [0, 0.05) is 13.0 Å². The number of unbranched alkanes of at least 4 members (excludes halogenated alkanes) is 3. The standard InChI is InChI=1S/C33H47ClN4O5/c1-8-9-10-11-19-38(31(41)26(17-18-27(35)39)36-32(42)43-33(5,6)7)29(24-20-21(2)15-16-22(24)3)30(40)37-28-23(4)13-12-14-25(28)34/h12-16,20,26,29H,8-11,17-19H2,1-7H3,(H2,35,39)(H,36,42)(H,37,40). The van der Waals surface area contributed by atoms with E-state index in [-0.39, 0.29) is 19.4 Å². The minimum Gasteiger partial charge on any atom is -0.444 e. The highest BCUT2D eigenvalue weighted by atomic mass is 35.5. The van der Waals surface area contributed by atoms with Gasteiger partial charge in [-0.2, -0.15) is 0 Å². The second-order valence-corrected chi connectivity index (χ2v) is 12.4. The average Bonchev–Trinajstić information content (AvgIpc) is 2.90. The van der Waals surface area contributed by atoms with Gasteiger partial charge in [0.25, 0.3) is 5.91 Å². The molecule has 0 fully saturated rings. The lowest BCUT2D eigenvalue weighted by atomic mass is 9.95. The summed E-state index contributed by atoms with van der Waals surface area (Å²) in [7, 11) is 0. The molecule has 9 nitrogen and oxygen atoms in total. The monoisotopic (exact) mass is 614 g/mol. The summed E-state index contributed by atoms with van der Waals surface area (Å²) in [5.41, 5.74) is 8.24. The van der Waals surface area contributed by atoms with Gasteiger partial charge in [0.2, 0.25) is 11.8 Å². The SMILES string of the molecule is CCCCCCN(C(=O)C(CCC(N)=O)NC(=O)OC(C)(C)C)C(C(=O)Nc1c(C)cccc1Cl)c1cc(C)ccc1C. The molecule has 0 bridgehead atoms. The van der Waals surface area contributed by atoms with Crippen molar-refractivity contribution in [2.24, 2.45) is 5.73 Å². The Hall–Kier alpha value is -3.59. The Balaban J connectivity index is 2.65. The minimum atomic E-state index is -1.16. The van der Waals surface area contributed by atoms with E-state index < -0.39 is 41.5 Å². The van der Waals surface area contributed by atoms with Crippen LogP contribution in [0.4, 0.5) is 10.5 Å². The molecule has 10 heteroatoms. The molecular formula is C33H47ClN4O5. The number of amides is 4. The number of rotatable bonds is 14. The zero-order valence-electron chi connectivity index (χ0n) is 26.5. The number of anilines is 1. The smallest absolute Gasteiger partial charge is 0.408 e. The quantitative estimate of drug-likeness (QED) is 0.209. The number of benzene rings is 2. The average molecular weight is 615 g/mol. The number of hydrogen-bond acceptors (Lipinski definition) is 5. The highest BCUT2D eigenvalue weighted by Crippen LogP contribution is 2.31. The van der Waals surface area contributed by atoms with Gasteiger partial charge in [0.15, 0.2) is 0 Å². The van der Waals surface area contributed by atoms with Crippen LogP contribution >= 0.6 is 11.6 Å². The van der Waals surface area contributed by atoms with E-state index in [1.807, 2.05) is 45.0 Å². The summed E-state index contributed by atoms with van der Waals surface area (Å²) in [6.45, 7) is 13.1. The highest BCUT2D eigenvalue weighted by Gasteiger charge is 2.37. The highest BCUT2D eigenvalue weighted by molar-refractivity contribution is 6.34. The van der Waals surface area contributed by atoms with Crippen molar-refractivity contribution in [3.8, 4) is 0 Å². The molecule has 0 aliphatic rings. The molecule has 0 saturated carbocycles. The van der Waals surface area contributed by atoms with Gasteiger partial charge >= 0.3 is 6.09 Å². The van der Waals surface area contributed by atoms with Gasteiger partial charge in [-0.15, -0.1) is 0 Å². The second-order valence-electron chi connectivity index (χ2n) is 12.0. The first-order valence-corrected chi connectivity index (χ1v) is 15.2. The first-order valence-electron chi connectivity index (χ1n) is 14.9. The first-order chi connectivity index (χ1) is 20.1. The molecule has 0 heterocycles. The fourth-order valence-corrected chi connectivity index (χ4v) is 5.03. The zero-order valence-corrected chi connectivity index (χ0v) is 27.3. The summed E-state index contributed by atoms with van der Waals surface area (Å²) >= 11 is 6.47.